The van der Waals surface area contributed by atoms with Gasteiger partial charge >= 0.3 is 0 Å². The summed E-state index contributed by atoms with van der Waals surface area (Å²) in [6.07, 6.45) is 5.19. The summed E-state index contributed by atoms with van der Waals surface area (Å²) in [6.45, 7) is 0. The molecule has 0 N–H and O–H groups in total. The molecule has 0 spiro atoms. The zero-order chi connectivity index (χ0) is 11.4. The lowest BCUT2D eigenvalue weighted by Crippen LogP contribution is -1.77. The highest BCUT2D eigenvalue weighted by atomic mass is 32.2. The molecule has 0 aliphatic heterocycles. The molecule has 1 heteroatoms. The fourth-order valence-corrected chi connectivity index (χ4v) is 2.08. The molecule has 0 saturated carbocycles. The molecule has 0 radical (unpaired) electrons. The largest absolute Gasteiger partial charge is 0.169 e. The number of fused-ring (bicyclic) bond motifs is 3. The van der Waals surface area contributed by atoms with Crippen LogP contribution in [0.4, 0.5) is 0 Å². The fraction of sp³-hybridized carbons (Fsp3) is 0.200. The summed E-state index contributed by atoms with van der Waals surface area (Å²) in [5.74, 6) is 0. The Morgan fingerprint density at radius 2 is 1.12 bits per heavy atom. The minimum atomic E-state index is 1.10. The van der Waals surface area contributed by atoms with Crippen LogP contribution < -0.4 is 0 Å². The van der Waals surface area contributed by atoms with Crippen LogP contribution in [0, 0.1) is 0 Å². The second-order valence-corrected chi connectivity index (χ2v) is 4.72. The molecule has 1 aliphatic rings. The Morgan fingerprint density at radius 3 is 1.56 bits per heavy atom. The standard InChI is InChI=1S/C13H10.C2H6S/c1-3-7-12-10(5-1)9-11-6-2-4-8-13(11)12;1-3-2/h1-8H,9H2;1-2H3. The Labute approximate surface area is 102 Å². The first kappa shape index (κ1) is 11.3. The number of hydrogen-bond acceptors (Lipinski definition) is 1. The molecule has 3 rings (SSSR count). The zero-order valence-corrected chi connectivity index (χ0v) is 10.6. The molecule has 0 aromatic heterocycles. The van der Waals surface area contributed by atoms with Gasteiger partial charge in [-0.15, -0.1) is 0 Å². The van der Waals surface area contributed by atoms with Gasteiger partial charge in [-0.05, 0) is 41.2 Å². The van der Waals surface area contributed by atoms with Gasteiger partial charge in [-0.2, -0.15) is 11.8 Å². The lowest BCUT2D eigenvalue weighted by atomic mass is 10.1. The average Bonchev–Trinajstić information content (AvgIpc) is 2.68. The van der Waals surface area contributed by atoms with Gasteiger partial charge in [0.1, 0.15) is 0 Å². The van der Waals surface area contributed by atoms with E-state index in [-0.39, 0.29) is 0 Å². The normalized spacial score (nSPS) is 11.1. The van der Waals surface area contributed by atoms with Crippen molar-refractivity contribution in [1.29, 1.82) is 0 Å². The third-order valence-corrected chi connectivity index (χ3v) is 2.71. The summed E-state index contributed by atoms with van der Waals surface area (Å²) in [5.41, 5.74) is 5.75. The molecule has 82 valence electrons. The number of hydrogen-bond donors (Lipinski definition) is 0. The summed E-state index contributed by atoms with van der Waals surface area (Å²) in [6, 6.07) is 17.3. The van der Waals surface area contributed by atoms with Crippen LogP contribution in [0.15, 0.2) is 48.5 Å². The highest BCUT2D eigenvalue weighted by Crippen LogP contribution is 2.35. The predicted octanol–water partition coefficient (Wildman–Crippen LogP) is 4.24. The van der Waals surface area contributed by atoms with Crippen molar-refractivity contribution in [3.8, 4) is 11.1 Å². The molecular weight excluding hydrogens is 212 g/mol. The van der Waals surface area contributed by atoms with E-state index in [1.807, 2.05) is 12.5 Å². The third kappa shape index (κ3) is 2.14. The van der Waals surface area contributed by atoms with E-state index in [1.165, 1.54) is 22.3 Å². The molecule has 0 fully saturated rings. The van der Waals surface area contributed by atoms with Gasteiger partial charge in [0.2, 0.25) is 0 Å². The fourth-order valence-electron chi connectivity index (χ4n) is 2.08. The number of rotatable bonds is 0. The smallest absolute Gasteiger partial charge is 0.00135 e. The van der Waals surface area contributed by atoms with Crippen molar-refractivity contribution in [3.63, 3.8) is 0 Å². The number of benzene rings is 2. The third-order valence-electron chi connectivity index (χ3n) is 2.71. The first-order valence-corrected chi connectivity index (χ1v) is 7.06. The first-order valence-electron chi connectivity index (χ1n) is 5.43. The summed E-state index contributed by atoms with van der Waals surface area (Å²) >= 11 is 1.75. The minimum absolute atomic E-state index is 1.10. The van der Waals surface area contributed by atoms with Gasteiger partial charge in [0, 0.05) is 0 Å². The lowest BCUT2D eigenvalue weighted by molar-refractivity contribution is 1.26. The van der Waals surface area contributed by atoms with Gasteiger partial charge < -0.3 is 0 Å². The molecule has 0 unspecified atom stereocenters. The van der Waals surface area contributed by atoms with Crippen molar-refractivity contribution < 1.29 is 0 Å². The van der Waals surface area contributed by atoms with E-state index in [9.17, 15) is 0 Å². The second kappa shape index (κ2) is 5.22. The van der Waals surface area contributed by atoms with Crippen LogP contribution in [-0.4, -0.2) is 12.5 Å². The molecule has 2 aromatic rings. The van der Waals surface area contributed by atoms with Crippen LogP contribution in [-0.2, 0) is 6.42 Å². The van der Waals surface area contributed by atoms with E-state index in [2.05, 4.69) is 48.5 Å². The van der Waals surface area contributed by atoms with Gasteiger partial charge in [-0.1, -0.05) is 48.5 Å². The summed E-state index contributed by atoms with van der Waals surface area (Å²) in [7, 11) is 0. The van der Waals surface area contributed by atoms with Crippen molar-refractivity contribution in [2.45, 2.75) is 6.42 Å². The van der Waals surface area contributed by atoms with Gasteiger partial charge in [0.25, 0.3) is 0 Å². The molecule has 0 nitrogen and oxygen atoms in total. The monoisotopic (exact) mass is 228 g/mol. The van der Waals surface area contributed by atoms with Crippen molar-refractivity contribution in [2.24, 2.45) is 0 Å². The van der Waals surface area contributed by atoms with Crippen molar-refractivity contribution in [1.82, 2.24) is 0 Å². The molecular formula is C15H16S. The Hall–Kier alpha value is -1.21. The molecule has 0 saturated heterocycles. The molecule has 0 bridgehead atoms. The van der Waals surface area contributed by atoms with Crippen LogP contribution >= 0.6 is 11.8 Å². The maximum Gasteiger partial charge on any atom is -0.00135 e. The molecule has 0 atom stereocenters. The predicted molar refractivity (Wildman–Crippen MR) is 74.1 cm³/mol. The summed E-state index contributed by atoms with van der Waals surface area (Å²) < 4.78 is 0. The Morgan fingerprint density at radius 1 is 0.750 bits per heavy atom. The maximum atomic E-state index is 2.22. The molecule has 1 aliphatic carbocycles. The van der Waals surface area contributed by atoms with Gasteiger partial charge in [0.05, 0.1) is 0 Å². The van der Waals surface area contributed by atoms with Crippen molar-refractivity contribution in [3.05, 3.63) is 59.7 Å². The molecule has 0 heterocycles. The second-order valence-electron chi connectivity index (χ2n) is 3.90. The zero-order valence-electron chi connectivity index (χ0n) is 9.73. The van der Waals surface area contributed by atoms with E-state index in [4.69, 9.17) is 0 Å². The Bertz CT molecular complexity index is 431. The SMILES string of the molecule is CSC.c1ccc2c(c1)Cc1ccccc1-2. The van der Waals surface area contributed by atoms with Gasteiger partial charge in [0.15, 0.2) is 0 Å². The summed E-state index contributed by atoms with van der Waals surface area (Å²) in [4.78, 5) is 0. The van der Waals surface area contributed by atoms with Crippen LogP contribution in [0.2, 0.25) is 0 Å². The molecule has 2 aromatic carbocycles. The first-order chi connectivity index (χ1) is 7.86. The highest BCUT2D eigenvalue weighted by molar-refractivity contribution is 7.97. The molecule has 16 heavy (non-hydrogen) atoms. The van der Waals surface area contributed by atoms with Crippen molar-refractivity contribution >= 4 is 11.8 Å². The quantitative estimate of drug-likeness (QED) is 0.554. The van der Waals surface area contributed by atoms with Gasteiger partial charge in [-0.3, -0.25) is 0 Å². The van der Waals surface area contributed by atoms with Gasteiger partial charge in [-0.25, -0.2) is 0 Å². The Kier molecular flexibility index (Phi) is 3.68. The number of thioether (sulfide) groups is 1. The van der Waals surface area contributed by atoms with Crippen LogP contribution in [0.1, 0.15) is 11.1 Å². The van der Waals surface area contributed by atoms with E-state index < -0.39 is 0 Å². The van der Waals surface area contributed by atoms with Crippen LogP contribution in [0.25, 0.3) is 11.1 Å². The van der Waals surface area contributed by atoms with Crippen LogP contribution in [0.5, 0.6) is 0 Å². The van der Waals surface area contributed by atoms with E-state index in [1.54, 1.807) is 11.8 Å². The van der Waals surface area contributed by atoms with E-state index >= 15 is 0 Å². The maximum absolute atomic E-state index is 2.22. The Balaban J connectivity index is 0.000000292. The van der Waals surface area contributed by atoms with E-state index in [0.717, 1.165) is 6.42 Å². The lowest BCUT2D eigenvalue weighted by Gasteiger charge is -1.98. The minimum Gasteiger partial charge on any atom is -0.169 e. The summed E-state index contributed by atoms with van der Waals surface area (Å²) in [5, 5.41) is 0. The molecule has 0 amide bonds. The van der Waals surface area contributed by atoms with E-state index in [0.29, 0.717) is 0 Å². The van der Waals surface area contributed by atoms with Crippen molar-refractivity contribution in [2.75, 3.05) is 12.5 Å². The average molecular weight is 228 g/mol. The topological polar surface area (TPSA) is 0 Å². The highest BCUT2D eigenvalue weighted by Gasteiger charge is 2.15. The van der Waals surface area contributed by atoms with Crippen LogP contribution in [0.3, 0.4) is 0 Å².